The second kappa shape index (κ2) is 9.24. The van der Waals surface area contributed by atoms with E-state index in [2.05, 4.69) is 15.6 Å². The molecule has 2 aromatic carbocycles. The van der Waals surface area contributed by atoms with Crippen LogP contribution in [0.2, 0.25) is 0 Å². The predicted octanol–water partition coefficient (Wildman–Crippen LogP) is 3.83. The Morgan fingerprint density at radius 1 is 0.963 bits per heavy atom. The van der Waals surface area contributed by atoms with Gasteiger partial charge in [0, 0.05) is 30.3 Å². The van der Waals surface area contributed by atoms with E-state index in [1.54, 1.807) is 25.4 Å². The summed E-state index contributed by atoms with van der Waals surface area (Å²) < 4.78 is 10.8. The number of nitrogens with one attached hydrogen (secondary N) is 2. The highest BCUT2D eigenvalue weighted by Crippen LogP contribution is 2.17. The number of amides is 1. The maximum Gasteiger partial charge on any atom is 0.257 e. The molecule has 0 radical (unpaired) electrons. The minimum Gasteiger partial charge on any atom is -0.497 e. The van der Waals surface area contributed by atoms with E-state index in [1.807, 2.05) is 48.5 Å². The second-order valence-electron chi connectivity index (χ2n) is 5.72. The van der Waals surface area contributed by atoms with Crippen molar-refractivity contribution in [2.45, 2.75) is 0 Å². The molecule has 0 unspecified atom stereocenters. The number of pyridine rings is 1. The highest BCUT2D eigenvalue weighted by atomic mass is 16.5. The summed E-state index contributed by atoms with van der Waals surface area (Å²) >= 11 is 0. The van der Waals surface area contributed by atoms with Gasteiger partial charge in [0.15, 0.2) is 0 Å². The molecule has 27 heavy (non-hydrogen) atoms. The van der Waals surface area contributed by atoms with Crippen molar-refractivity contribution in [2.24, 2.45) is 0 Å². The fourth-order valence-electron chi connectivity index (χ4n) is 2.41. The van der Waals surface area contributed by atoms with Gasteiger partial charge in [0.1, 0.15) is 18.1 Å². The van der Waals surface area contributed by atoms with Gasteiger partial charge in [-0.2, -0.15) is 0 Å². The van der Waals surface area contributed by atoms with Crippen molar-refractivity contribution < 1.29 is 14.3 Å². The van der Waals surface area contributed by atoms with Crippen molar-refractivity contribution in [3.63, 3.8) is 0 Å². The lowest BCUT2D eigenvalue weighted by atomic mass is 10.2. The topological polar surface area (TPSA) is 72.5 Å². The van der Waals surface area contributed by atoms with Gasteiger partial charge in [-0.3, -0.25) is 9.78 Å². The average molecular weight is 363 g/mol. The van der Waals surface area contributed by atoms with Gasteiger partial charge >= 0.3 is 0 Å². The number of carbonyl (C=O) groups is 1. The average Bonchev–Trinajstić information content (AvgIpc) is 2.73. The van der Waals surface area contributed by atoms with E-state index in [4.69, 9.17) is 9.47 Å². The Morgan fingerprint density at radius 3 is 2.33 bits per heavy atom. The molecule has 6 nitrogen and oxygen atoms in total. The quantitative estimate of drug-likeness (QED) is 0.595. The maximum absolute atomic E-state index is 12.1. The number of nitrogens with zero attached hydrogens (tertiary/aromatic N) is 1. The van der Waals surface area contributed by atoms with E-state index in [1.165, 1.54) is 6.20 Å². The van der Waals surface area contributed by atoms with Crippen LogP contribution in [-0.4, -0.2) is 31.2 Å². The zero-order chi connectivity index (χ0) is 18.9. The van der Waals surface area contributed by atoms with E-state index >= 15 is 0 Å². The molecule has 0 saturated carbocycles. The minimum atomic E-state index is -0.184. The van der Waals surface area contributed by atoms with Gasteiger partial charge in [-0.25, -0.2) is 0 Å². The Hall–Kier alpha value is -3.54. The number of methoxy groups -OCH3 is 1. The van der Waals surface area contributed by atoms with Crippen LogP contribution < -0.4 is 20.1 Å². The number of anilines is 2. The maximum atomic E-state index is 12.1. The Labute approximate surface area is 158 Å². The molecule has 0 aliphatic carbocycles. The molecule has 0 aliphatic rings. The Morgan fingerprint density at radius 2 is 1.67 bits per heavy atom. The standard InChI is InChI=1S/C21H21N3O3/c1-26-19-8-10-20(11-9-19)27-14-13-23-17-4-6-18(7-5-17)24-21(25)16-3-2-12-22-15-16/h2-12,15,23H,13-14H2,1H3,(H,24,25). The summed E-state index contributed by atoms with van der Waals surface area (Å²) in [6.07, 6.45) is 3.17. The molecule has 138 valence electrons. The van der Waals surface area contributed by atoms with Gasteiger partial charge in [-0.15, -0.1) is 0 Å². The SMILES string of the molecule is COc1ccc(OCCNc2ccc(NC(=O)c3cccnc3)cc2)cc1. The van der Waals surface area contributed by atoms with Crippen LogP contribution in [0.3, 0.4) is 0 Å². The molecular formula is C21H21N3O3. The van der Waals surface area contributed by atoms with Crippen molar-refractivity contribution in [3.05, 3.63) is 78.6 Å². The summed E-state index contributed by atoms with van der Waals surface area (Å²) in [5.74, 6) is 1.42. The highest BCUT2D eigenvalue weighted by Gasteiger charge is 2.05. The van der Waals surface area contributed by atoms with Crippen molar-refractivity contribution in [1.29, 1.82) is 0 Å². The van der Waals surface area contributed by atoms with Gasteiger partial charge < -0.3 is 20.1 Å². The molecule has 2 N–H and O–H groups in total. The number of hydrogen-bond acceptors (Lipinski definition) is 5. The molecule has 0 spiro atoms. The lowest BCUT2D eigenvalue weighted by Crippen LogP contribution is -2.13. The summed E-state index contributed by atoms with van der Waals surface area (Å²) in [6, 6.07) is 18.4. The lowest BCUT2D eigenvalue weighted by Gasteiger charge is -2.10. The monoisotopic (exact) mass is 363 g/mol. The molecular weight excluding hydrogens is 342 g/mol. The number of aromatic nitrogens is 1. The van der Waals surface area contributed by atoms with E-state index < -0.39 is 0 Å². The Kier molecular flexibility index (Phi) is 6.25. The predicted molar refractivity (Wildman–Crippen MR) is 106 cm³/mol. The molecule has 3 rings (SSSR count). The molecule has 1 heterocycles. The van der Waals surface area contributed by atoms with Crippen molar-refractivity contribution in [1.82, 2.24) is 4.98 Å². The Balaban J connectivity index is 1.43. The first-order valence-electron chi connectivity index (χ1n) is 8.57. The second-order valence-corrected chi connectivity index (χ2v) is 5.72. The van der Waals surface area contributed by atoms with Crippen LogP contribution in [0.5, 0.6) is 11.5 Å². The molecule has 1 aromatic heterocycles. The number of carbonyl (C=O) groups excluding carboxylic acids is 1. The molecule has 0 fully saturated rings. The zero-order valence-electron chi connectivity index (χ0n) is 15.0. The first kappa shape index (κ1) is 18.3. The van der Waals surface area contributed by atoms with E-state index in [0.29, 0.717) is 18.7 Å². The van der Waals surface area contributed by atoms with E-state index in [0.717, 1.165) is 22.9 Å². The number of rotatable bonds is 8. The van der Waals surface area contributed by atoms with E-state index in [-0.39, 0.29) is 5.91 Å². The van der Waals surface area contributed by atoms with Crippen molar-refractivity contribution in [2.75, 3.05) is 30.9 Å². The van der Waals surface area contributed by atoms with E-state index in [9.17, 15) is 4.79 Å². The normalized spacial score (nSPS) is 10.1. The molecule has 3 aromatic rings. The summed E-state index contributed by atoms with van der Waals surface area (Å²) in [5, 5.41) is 6.12. The fraction of sp³-hybridized carbons (Fsp3) is 0.143. The van der Waals surface area contributed by atoms with Gasteiger partial charge in [0.05, 0.1) is 12.7 Å². The highest BCUT2D eigenvalue weighted by molar-refractivity contribution is 6.04. The minimum absolute atomic E-state index is 0.184. The number of benzene rings is 2. The zero-order valence-corrected chi connectivity index (χ0v) is 15.0. The third kappa shape index (κ3) is 5.47. The fourth-order valence-corrected chi connectivity index (χ4v) is 2.41. The van der Waals surface area contributed by atoms with Crippen LogP contribution in [0, 0.1) is 0 Å². The van der Waals surface area contributed by atoms with Gasteiger partial charge in [0.25, 0.3) is 5.91 Å². The van der Waals surface area contributed by atoms with Crippen LogP contribution in [0.1, 0.15) is 10.4 Å². The first-order chi connectivity index (χ1) is 13.2. The van der Waals surface area contributed by atoms with Crippen LogP contribution >= 0.6 is 0 Å². The smallest absolute Gasteiger partial charge is 0.257 e. The Bertz CT molecular complexity index is 850. The number of hydrogen-bond donors (Lipinski definition) is 2. The molecule has 1 amide bonds. The summed E-state index contributed by atoms with van der Waals surface area (Å²) in [7, 11) is 1.63. The molecule has 0 saturated heterocycles. The third-order valence-corrected chi connectivity index (χ3v) is 3.83. The lowest BCUT2D eigenvalue weighted by molar-refractivity contribution is 0.102. The third-order valence-electron chi connectivity index (χ3n) is 3.83. The molecule has 6 heteroatoms. The van der Waals surface area contributed by atoms with Crippen molar-refractivity contribution in [3.8, 4) is 11.5 Å². The van der Waals surface area contributed by atoms with Crippen LogP contribution in [0.25, 0.3) is 0 Å². The summed E-state index contributed by atoms with van der Waals surface area (Å²) in [6.45, 7) is 1.19. The van der Waals surface area contributed by atoms with Crippen LogP contribution in [0.4, 0.5) is 11.4 Å². The van der Waals surface area contributed by atoms with Gasteiger partial charge in [-0.1, -0.05) is 0 Å². The van der Waals surface area contributed by atoms with Gasteiger partial charge in [-0.05, 0) is 60.7 Å². The largest absolute Gasteiger partial charge is 0.497 e. The molecule has 0 aliphatic heterocycles. The van der Waals surface area contributed by atoms with Gasteiger partial charge in [0.2, 0.25) is 0 Å². The molecule has 0 atom stereocenters. The number of ether oxygens (including phenoxy) is 2. The van der Waals surface area contributed by atoms with Crippen molar-refractivity contribution >= 4 is 17.3 Å². The summed E-state index contributed by atoms with van der Waals surface area (Å²) in [4.78, 5) is 16.0. The van der Waals surface area contributed by atoms with Crippen LogP contribution in [-0.2, 0) is 0 Å². The first-order valence-corrected chi connectivity index (χ1v) is 8.57. The molecule has 0 bridgehead atoms. The van der Waals surface area contributed by atoms with Crippen LogP contribution in [0.15, 0.2) is 73.1 Å². The summed E-state index contributed by atoms with van der Waals surface area (Å²) in [5.41, 5.74) is 2.20.